The molecule has 1 aromatic heterocycles. The molecule has 1 fully saturated rings. The van der Waals surface area contributed by atoms with Gasteiger partial charge in [-0.3, -0.25) is 4.79 Å². The number of hydrogen-bond acceptors (Lipinski definition) is 6. The van der Waals surface area contributed by atoms with Gasteiger partial charge in [-0.2, -0.15) is 4.98 Å². The number of amides is 3. The smallest absolute Gasteiger partial charge is 0.315 e. The van der Waals surface area contributed by atoms with Crippen molar-refractivity contribution in [2.45, 2.75) is 31.2 Å². The Hall–Kier alpha value is -2.94. The van der Waals surface area contributed by atoms with Crippen LogP contribution in [-0.4, -0.2) is 48.4 Å². The van der Waals surface area contributed by atoms with Gasteiger partial charge >= 0.3 is 6.03 Å². The van der Waals surface area contributed by atoms with Crippen molar-refractivity contribution in [3.63, 3.8) is 0 Å². The van der Waals surface area contributed by atoms with Crippen LogP contribution in [0.15, 0.2) is 34.9 Å². The first-order valence-electron chi connectivity index (χ1n) is 9.30. The summed E-state index contributed by atoms with van der Waals surface area (Å²) in [6.45, 7) is 1.06. The molecule has 28 heavy (non-hydrogen) atoms. The Morgan fingerprint density at radius 2 is 2.07 bits per heavy atom. The highest BCUT2D eigenvalue weighted by Gasteiger charge is 2.41. The summed E-state index contributed by atoms with van der Waals surface area (Å²) in [7, 11) is 1.61. The number of benzene rings is 1. The Morgan fingerprint density at radius 3 is 2.79 bits per heavy atom. The van der Waals surface area contributed by atoms with Gasteiger partial charge in [0.2, 0.25) is 17.6 Å². The van der Waals surface area contributed by atoms with Crippen LogP contribution < -0.4 is 16.4 Å². The van der Waals surface area contributed by atoms with Crippen molar-refractivity contribution < 1.29 is 18.8 Å². The van der Waals surface area contributed by atoms with E-state index in [0.717, 1.165) is 5.56 Å². The first-order valence-corrected chi connectivity index (χ1v) is 9.30. The third-order valence-corrected chi connectivity index (χ3v) is 4.88. The quantitative estimate of drug-likeness (QED) is 0.587. The summed E-state index contributed by atoms with van der Waals surface area (Å²) in [4.78, 5) is 28.4. The summed E-state index contributed by atoms with van der Waals surface area (Å²) in [5.74, 6) is -0.145. The van der Waals surface area contributed by atoms with Gasteiger partial charge in [-0.05, 0) is 19.3 Å². The van der Waals surface area contributed by atoms with E-state index in [1.165, 1.54) is 0 Å². The van der Waals surface area contributed by atoms with E-state index in [9.17, 15) is 9.59 Å². The maximum atomic E-state index is 12.2. The van der Waals surface area contributed by atoms with Crippen molar-refractivity contribution in [3.8, 4) is 11.4 Å². The molecular formula is C19H25N5O4. The number of methoxy groups -OCH3 is 1. The highest BCUT2D eigenvalue weighted by molar-refractivity contribution is 5.78. The first kappa shape index (κ1) is 19.8. The molecule has 3 amide bonds. The second-order valence-electron chi connectivity index (χ2n) is 6.85. The van der Waals surface area contributed by atoms with Crippen LogP contribution in [0.3, 0.4) is 0 Å². The van der Waals surface area contributed by atoms with Crippen LogP contribution in [0.2, 0.25) is 0 Å². The van der Waals surface area contributed by atoms with Crippen molar-refractivity contribution >= 4 is 11.9 Å². The molecular weight excluding hydrogens is 362 g/mol. The number of primary amides is 1. The Bertz CT molecular complexity index is 795. The molecule has 1 saturated carbocycles. The summed E-state index contributed by atoms with van der Waals surface area (Å²) < 4.78 is 10.4. The SMILES string of the molecule is COCCCNC(=O)N[C@H]1C[C@H](C(N)=O)C[C@H]1c1nc(-c2ccccc2)no1. The highest BCUT2D eigenvalue weighted by atomic mass is 16.5. The number of nitrogens with zero attached hydrogens (tertiary/aromatic N) is 2. The number of aromatic nitrogens is 2. The fraction of sp³-hybridized carbons (Fsp3) is 0.474. The summed E-state index contributed by atoms with van der Waals surface area (Å²) in [5.41, 5.74) is 6.33. The van der Waals surface area contributed by atoms with Gasteiger partial charge in [0.1, 0.15) is 0 Å². The van der Waals surface area contributed by atoms with Gasteiger partial charge in [-0.15, -0.1) is 0 Å². The third kappa shape index (κ3) is 4.86. The van der Waals surface area contributed by atoms with Crippen molar-refractivity contribution in [1.29, 1.82) is 0 Å². The lowest BCUT2D eigenvalue weighted by molar-refractivity contribution is -0.121. The van der Waals surface area contributed by atoms with E-state index in [4.69, 9.17) is 15.0 Å². The summed E-state index contributed by atoms with van der Waals surface area (Å²) in [5, 5.41) is 9.73. The molecule has 3 atom stereocenters. The number of carbonyl (C=O) groups is 2. The second kappa shape index (κ2) is 9.32. The maximum absolute atomic E-state index is 12.2. The van der Waals surface area contributed by atoms with Gasteiger partial charge in [0, 0.05) is 37.8 Å². The standard InChI is InChI=1S/C19H25N5O4/c1-27-9-5-8-21-19(26)22-15-11-13(16(20)25)10-14(15)18-23-17(24-28-18)12-6-3-2-4-7-12/h2-4,6-7,13-15H,5,8-11H2,1H3,(H2,20,25)(H2,21,22,26)/t13-,14-,15+/m1/s1. The van der Waals surface area contributed by atoms with Crippen molar-refractivity contribution in [3.05, 3.63) is 36.2 Å². The lowest BCUT2D eigenvalue weighted by Gasteiger charge is -2.18. The van der Waals surface area contributed by atoms with Crippen LogP contribution in [0, 0.1) is 5.92 Å². The largest absolute Gasteiger partial charge is 0.385 e. The average Bonchev–Trinajstić information content (AvgIpc) is 3.33. The second-order valence-corrected chi connectivity index (χ2v) is 6.85. The van der Waals surface area contributed by atoms with Crippen LogP contribution in [0.5, 0.6) is 0 Å². The fourth-order valence-electron chi connectivity index (χ4n) is 3.43. The minimum absolute atomic E-state index is 0.271. The van der Waals surface area contributed by atoms with E-state index in [2.05, 4.69) is 20.8 Å². The molecule has 1 heterocycles. The average molecular weight is 387 g/mol. The number of nitrogens with one attached hydrogen (secondary N) is 2. The van der Waals surface area contributed by atoms with Gasteiger partial charge in [0.25, 0.3) is 0 Å². The van der Waals surface area contributed by atoms with Gasteiger partial charge in [-0.1, -0.05) is 35.5 Å². The third-order valence-electron chi connectivity index (χ3n) is 4.88. The Labute approximate surface area is 163 Å². The molecule has 2 aromatic rings. The molecule has 1 aliphatic carbocycles. The van der Waals surface area contributed by atoms with Crippen molar-refractivity contribution in [2.24, 2.45) is 11.7 Å². The first-order chi connectivity index (χ1) is 13.6. The van der Waals surface area contributed by atoms with Crippen LogP contribution >= 0.6 is 0 Å². The lowest BCUT2D eigenvalue weighted by Crippen LogP contribution is -2.43. The Kier molecular flexibility index (Phi) is 6.59. The zero-order valence-electron chi connectivity index (χ0n) is 15.8. The molecule has 0 aliphatic heterocycles. The van der Waals surface area contributed by atoms with Crippen LogP contribution in [0.4, 0.5) is 4.79 Å². The predicted molar refractivity (Wildman–Crippen MR) is 101 cm³/mol. The lowest BCUT2D eigenvalue weighted by atomic mass is 10.0. The molecule has 150 valence electrons. The van der Waals surface area contributed by atoms with Gasteiger partial charge in [0.05, 0.1) is 5.92 Å². The minimum Gasteiger partial charge on any atom is -0.385 e. The van der Waals surface area contributed by atoms with E-state index in [-0.39, 0.29) is 23.9 Å². The Balaban J connectivity index is 1.69. The van der Waals surface area contributed by atoms with E-state index in [0.29, 0.717) is 44.1 Å². The summed E-state index contributed by atoms with van der Waals surface area (Å²) in [6.07, 6.45) is 1.61. The molecule has 0 bridgehead atoms. The van der Waals surface area contributed by atoms with Crippen LogP contribution in [0.1, 0.15) is 31.1 Å². The number of urea groups is 1. The summed E-state index contributed by atoms with van der Waals surface area (Å²) >= 11 is 0. The highest BCUT2D eigenvalue weighted by Crippen LogP contribution is 2.38. The Morgan fingerprint density at radius 1 is 1.29 bits per heavy atom. The van der Waals surface area contributed by atoms with Crippen LogP contribution in [0.25, 0.3) is 11.4 Å². The maximum Gasteiger partial charge on any atom is 0.315 e. The molecule has 4 N–H and O–H groups in total. The van der Waals surface area contributed by atoms with Crippen LogP contribution in [-0.2, 0) is 9.53 Å². The predicted octanol–water partition coefficient (Wildman–Crippen LogP) is 1.42. The van der Waals surface area contributed by atoms with Crippen molar-refractivity contribution in [1.82, 2.24) is 20.8 Å². The van der Waals surface area contributed by atoms with Gasteiger partial charge < -0.3 is 25.6 Å². The zero-order valence-corrected chi connectivity index (χ0v) is 15.8. The number of ether oxygens (including phenoxy) is 1. The molecule has 0 saturated heterocycles. The molecule has 0 radical (unpaired) electrons. The topological polar surface area (TPSA) is 132 Å². The molecule has 9 nitrogen and oxygen atoms in total. The minimum atomic E-state index is -0.391. The number of carbonyl (C=O) groups excluding carboxylic acids is 2. The number of rotatable bonds is 8. The van der Waals surface area contributed by atoms with E-state index >= 15 is 0 Å². The van der Waals surface area contributed by atoms with E-state index in [1.54, 1.807) is 7.11 Å². The van der Waals surface area contributed by atoms with E-state index < -0.39 is 5.91 Å². The van der Waals surface area contributed by atoms with Gasteiger partial charge in [-0.25, -0.2) is 4.79 Å². The fourth-order valence-corrected chi connectivity index (χ4v) is 3.43. The normalized spacial score (nSPS) is 21.4. The number of hydrogen-bond donors (Lipinski definition) is 3. The molecule has 0 spiro atoms. The molecule has 0 unspecified atom stereocenters. The zero-order chi connectivity index (χ0) is 19.9. The number of nitrogens with two attached hydrogens (primary N) is 1. The molecule has 1 aromatic carbocycles. The van der Waals surface area contributed by atoms with E-state index in [1.807, 2.05) is 30.3 Å². The monoisotopic (exact) mass is 387 g/mol. The molecule has 9 heteroatoms. The van der Waals surface area contributed by atoms with Crippen molar-refractivity contribution in [2.75, 3.05) is 20.3 Å². The molecule has 3 rings (SSSR count). The molecule has 1 aliphatic rings. The summed E-state index contributed by atoms with van der Waals surface area (Å²) in [6, 6.07) is 8.84. The van der Waals surface area contributed by atoms with Gasteiger partial charge in [0.15, 0.2) is 0 Å².